The van der Waals surface area contributed by atoms with E-state index >= 15 is 0 Å². The van der Waals surface area contributed by atoms with Crippen LogP contribution in [0.25, 0.3) is 0 Å². The number of likely N-dealkylation sites (tertiary alicyclic amines) is 1. The number of hydrogen-bond acceptors (Lipinski definition) is 5. The number of benzene rings is 1. The molecule has 1 heterocycles. The van der Waals surface area contributed by atoms with Crippen LogP contribution in [-0.2, 0) is 11.3 Å². The normalized spacial score (nSPS) is 20.4. The molecule has 33 heavy (non-hydrogen) atoms. The second kappa shape index (κ2) is 14.2. The number of aliphatic imine (C=N–C) groups is 1. The maximum absolute atomic E-state index is 5.42. The summed E-state index contributed by atoms with van der Waals surface area (Å²) in [4.78, 5) is 7.50. The molecule has 1 aromatic rings. The quantitative estimate of drug-likeness (QED) is 0.236. The van der Waals surface area contributed by atoms with Gasteiger partial charge in [0, 0.05) is 58.5 Å². The lowest BCUT2D eigenvalue weighted by Gasteiger charge is -2.27. The molecule has 2 aliphatic rings. The maximum Gasteiger partial charge on any atom is 0.191 e. The highest BCUT2D eigenvalue weighted by Gasteiger charge is 2.33. The van der Waals surface area contributed by atoms with E-state index in [4.69, 9.17) is 19.2 Å². The molecule has 1 aliphatic heterocycles. The van der Waals surface area contributed by atoms with Crippen molar-refractivity contribution in [1.82, 2.24) is 15.5 Å². The van der Waals surface area contributed by atoms with Gasteiger partial charge in [-0.15, -0.1) is 24.0 Å². The lowest BCUT2D eigenvalue weighted by atomic mass is 9.83. The van der Waals surface area contributed by atoms with Crippen LogP contribution in [0.15, 0.2) is 23.2 Å². The lowest BCUT2D eigenvalue weighted by Crippen LogP contribution is -2.45. The summed E-state index contributed by atoms with van der Waals surface area (Å²) in [5.74, 6) is 2.62. The number of guanidine groups is 1. The highest BCUT2D eigenvalue weighted by Crippen LogP contribution is 2.41. The summed E-state index contributed by atoms with van der Waals surface area (Å²) in [6.45, 7) is 7.66. The smallest absolute Gasteiger partial charge is 0.191 e. The molecular formula is C25H43IN4O3. The molecule has 3 rings (SSSR count). The van der Waals surface area contributed by atoms with E-state index in [1.54, 1.807) is 21.3 Å². The molecule has 2 fully saturated rings. The molecule has 2 N–H and O–H groups in total. The van der Waals surface area contributed by atoms with Crippen molar-refractivity contribution in [3.63, 3.8) is 0 Å². The van der Waals surface area contributed by atoms with Crippen LogP contribution in [0.2, 0.25) is 0 Å². The predicted molar refractivity (Wildman–Crippen MR) is 145 cm³/mol. The number of rotatable bonds is 11. The highest BCUT2D eigenvalue weighted by molar-refractivity contribution is 14.0. The molecule has 188 valence electrons. The SMILES string of the molecule is CCNC(=NCC1(CCOC)CCCC1)NC1CCN(Cc2cc(OC)cc(OC)c2)C1.I. The maximum atomic E-state index is 5.42. The Bertz CT molecular complexity index is 718. The third-order valence-electron chi connectivity index (χ3n) is 6.85. The Balaban J connectivity index is 0.00000385. The number of hydrogen-bond donors (Lipinski definition) is 2. The Morgan fingerprint density at radius 2 is 1.82 bits per heavy atom. The predicted octanol–water partition coefficient (Wildman–Crippen LogP) is 4.05. The fourth-order valence-electron chi connectivity index (χ4n) is 5.00. The van der Waals surface area contributed by atoms with Gasteiger partial charge >= 0.3 is 0 Å². The van der Waals surface area contributed by atoms with E-state index in [2.05, 4.69) is 34.6 Å². The Kier molecular flexibility index (Phi) is 12.0. The van der Waals surface area contributed by atoms with Crippen LogP contribution in [0.4, 0.5) is 0 Å². The average molecular weight is 575 g/mol. The molecule has 1 saturated carbocycles. The summed E-state index contributed by atoms with van der Waals surface area (Å²) >= 11 is 0. The van der Waals surface area contributed by atoms with E-state index in [0.717, 1.165) is 69.6 Å². The molecule has 1 aliphatic carbocycles. The van der Waals surface area contributed by atoms with Crippen molar-refractivity contribution in [2.45, 2.75) is 58.0 Å². The standard InChI is InChI=1S/C25H42N4O3.HI/c1-5-26-24(27-19-25(11-13-30-2)9-6-7-10-25)28-21-8-12-29(18-21)17-20-14-22(31-3)16-23(15-20)32-4;/h14-16,21H,5-13,17-19H2,1-4H3,(H2,26,27,28);1H. The Morgan fingerprint density at radius 3 is 2.42 bits per heavy atom. The fourth-order valence-corrected chi connectivity index (χ4v) is 5.00. The van der Waals surface area contributed by atoms with Gasteiger partial charge in [0.2, 0.25) is 0 Å². The van der Waals surface area contributed by atoms with Gasteiger partial charge in [-0.25, -0.2) is 0 Å². The van der Waals surface area contributed by atoms with E-state index in [-0.39, 0.29) is 24.0 Å². The molecule has 0 bridgehead atoms. The van der Waals surface area contributed by atoms with Crippen molar-refractivity contribution in [2.24, 2.45) is 10.4 Å². The van der Waals surface area contributed by atoms with Gasteiger partial charge in [0.25, 0.3) is 0 Å². The van der Waals surface area contributed by atoms with E-state index in [1.165, 1.54) is 31.2 Å². The van der Waals surface area contributed by atoms with Crippen LogP contribution in [0, 0.1) is 5.41 Å². The first-order valence-corrected chi connectivity index (χ1v) is 12.1. The molecule has 7 nitrogen and oxygen atoms in total. The molecular weight excluding hydrogens is 531 g/mol. The van der Waals surface area contributed by atoms with Crippen LogP contribution >= 0.6 is 24.0 Å². The van der Waals surface area contributed by atoms with Gasteiger partial charge in [-0.2, -0.15) is 0 Å². The van der Waals surface area contributed by atoms with Crippen LogP contribution in [0.3, 0.4) is 0 Å². The molecule has 1 unspecified atom stereocenters. The second-order valence-corrected chi connectivity index (χ2v) is 9.23. The van der Waals surface area contributed by atoms with Crippen LogP contribution in [0.5, 0.6) is 11.5 Å². The van der Waals surface area contributed by atoms with Gasteiger partial charge in [0.05, 0.1) is 14.2 Å². The van der Waals surface area contributed by atoms with E-state index in [9.17, 15) is 0 Å². The lowest BCUT2D eigenvalue weighted by molar-refractivity contribution is 0.141. The fraction of sp³-hybridized carbons (Fsp3) is 0.720. The summed E-state index contributed by atoms with van der Waals surface area (Å²) in [5, 5.41) is 7.15. The van der Waals surface area contributed by atoms with Crippen molar-refractivity contribution >= 4 is 29.9 Å². The molecule has 0 radical (unpaired) electrons. The molecule has 8 heteroatoms. The molecule has 0 amide bonds. The summed E-state index contributed by atoms with van der Waals surface area (Å²) in [6, 6.07) is 6.51. The van der Waals surface area contributed by atoms with E-state index < -0.39 is 0 Å². The molecule has 1 saturated heterocycles. The van der Waals surface area contributed by atoms with Crippen molar-refractivity contribution in [3.05, 3.63) is 23.8 Å². The zero-order valence-corrected chi connectivity index (χ0v) is 23.2. The van der Waals surface area contributed by atoms with E-state index in [1.807, 2.05) is 6.07 Å². The Hall–Kier alpha value is -1.26. The van der Waals surface area contributed by atoms with Gasteiger partial charge in [-0.3, -0.25) is 9.89 Å². The Labute approximate surface area is 217 Å². The monoisotopic (exact) mass is 574 g/mol. The van der Waals surface area contributed by atoms with Crippen molar-refractivity contribution in [1.29, 1.82) is 0 Å². The third-order valence-corrected chi connectivity index (χ3v) is 6.85. The van der Waals surface area contributed by atoms with Crippen LogP contribution in [-0.4, -0.2) is 71.0 Å². The minimum Gasteiger partial charge on any atom is -0.497 e. The van der Waals surface area contributed by atoms with Crippen molar-refractivity contribution in [3.8, 4) is 11.5 Å². The minimum absolute atomic E-state index is 0. The van der Waals surface area contributed by atoms with Crippen LogP contribution in [0.1, 0.15) is 51.0 Å². The molecule has 0 spiro atoms. The average Bonchev–Trinajstić information content (AvgIpc) is 3.46. The Morgan fingerprint density at radius 1 is 1.12 bits per heavy atom. The minimum atomic E-state index is 0. The van der Waals surface area contributed by atoms with Gasteiger partial charge in [-0.1, -0.05) is 12.8 Å². The first-order valence-electron chi connectivity index (χ1n) is 12.1. The number of ether oxygens (including phenoxy) is 3. The summed E-state index contributed by atoms with van der Waals surface area (Å²) in [6.07, 6.45) is 7.38. The highest BCUT2D eigenvalue weighted by atomic mass is 127. The van der Waals surface area contributed by atoms with Crippen molar-refractivity contribution < 1.29 is 14.2 Å². The summed E-state index contributed by atoms with van der Waals surface area (Å²) in [5.41, 5.74) is 1.52. The molecule has 1 aromatic carbocycles. The third kappa shape index (κ3) is 8.47. The first-order chi connectivity index (χ1) is 15.6. The van der Waals surface area contributed by atoms with Crippen LogP contribution < -0.4 is 20.1 Å². The number of halogens is 1. The zero-order chi connectivity index (χ0) is 22.8. The summed E-state index contributed by atoms with van der Waals surface area (Å²) < 4.78 is 16.2. The number of methoxy groups -OCH3 is 3. The van der Waals surface area contributed by atoms with Crippen molar-refractivity contribution in [2.75, 3.05) is 54.1 Å². The second-order valence-electron chi connectivity index (χ2n) is 9.23. The van der Waals surface area contributed by atoms with Gasteiger partial charge in [0.15, 0.2) is 5.96 Å². The number of nitrogens with one attached hydrogen (secondary N) is 2. The molecule has 0 aromatic heterocycles. The topological polar surface area (TPSA) is 67.4 Å². The molecule has 1 atom stereocenters. The van der Waals surface area contributed by atoms with Gasteiger partial charge in [-0.05, 0) is 55.7 Å². The van der Waals surface area contributed by atoms with Gasteiger partial charge in [0.1, 0.15) is 11.5 Å². The van der Waals surface area contributed by atoms with Gasteiger partial charge < -0.3 is 24.8 Å². The number of nitrogens with zero attached hydrogens (tertiary/aromatic N) is 2. The van der Waals surface area contributed by atoms with E-state index in [0.29, 0.717) is 11.5 Å². The summed E-state index contributed by atoms with van der Waals surface area (Å²) in [7, 11) is 5.19. The zero-order valence-electron chi connectivity index (χ0n) is 20.8. The largest absolute Gasteiger partial charge is 0.497 e. The first kappa shape index (κ1) is 28.0.